The zero-order chi connectivity index (χ0) is 5.54. The van der Waals surface area contributed by atoms with Gasteiger partial charge in [0.1, 0.15) is 0 Å². The minimum absolute atomic E-state index is 1.07. The van der Waals surface area contributed by atoms with Gasteiger partial charge in [0.05, 0.1) is 0 Å². The van der Waals surface area contributed by atoms with Crippen LogP contribution in [0.2, 0.25) is 0 Å². The van der Waals surface area contributed by atoms with Gasteiger partial charge in [-0.3, -0.25) is 4.34 Å². The van der Waals surface area contributed by atoms with Gasteiger partial charge in [0.2, 0.25) is 0 Å². The Morgan fingerprint density at radius 1 is 1.71 bits per heavy atom. The van der Waals surface area contributed by atoms with Crippen molar-refractivity contribution in [2.45, 2.75) is 6.42 Å². The molecule has 0 amide bonds. The fraction of sp³-hybridized carbons (Fsp3) is 1.00. The Labute approximate surface area is 57.6 Å². The molecule has 7 heavy (non-hydrogen) atoms. The molecule has 0 bridgehead atoms. The lowest BCUT2D eigenvalue weighted by Gasteiger charge is -1.91. The summed E-state index contributed by atoms with van der Waals surface area (Å²) in [6.45, 7) is 1.07. The van der Waals surface area contributed by atoms with Crippen molar-refractivity contribution in [3.8, 4) is 0 Å². The quantitative estimate of drug-likeness (QED) is 0.526. The van der Waals surface area contributed by atoms with Gasteiger partial charge < -0.3 is 0 Å². The molecule has 0 aromatic heterocycles. The predicted octanol–water partition coefficient (Wildman–Crippen LogP) is 1.64. The number of hydrogen-bond donors (Lipinski definition) is 1. The molecule has 0 heterocycles. The normalized spacial score (nSPS) is 9.43. The van der Waals surface area contributed by atoms with Crippen molar-refractivity contribution in [3.05, 3.63) is 0 Å². The van der Waals surface area contributed by atoms with E-state index in [1.54, 1.807) is 0 Å². The number of rotatable bonds is 4. The number of nitrogens with one attached hydrogen (secondary N) is 1. The molecule has 0 aromatic carbocycles. The lowest BCUT2D eigenvalue weighted by Crippen LogP contribution is -2.00. The van der Waals surface area contributed by atoms with Crippen LogP contribution in [0.3, 0.4) is 0 Å². The van der Waals surface area contributed by atoms with Gasteiger partial charge in [-0.15, -0.1) is 0 Å². The summed E-state index contributed by atoms with van der Waals surface area (Å²) in [5, 5.41) is 0. The third-order valence-corrected chi connectivity index (χ3v) is 1.71. The lowest BCUT2D eigenvalue weighted by molar-refractivity contribution is 0.899. The Bertz CT molecular complexity index is 30.9. The number of halogens is 1. The van der Waals surface area contributed by atoms with E-state index in [2.05, 4.69) is 26.7 Å². The summed E-state index contributed by atoms with van der Waals surface area (Å²) >= 11 is 5.00. The van der Waals surface area contributed by atoms with Crippen LogP contribution in [0.1, 0.15) is 6.42 Å². The summed E-state index contributed by atoms with van der Waals surface area (Å²) in [4.78, 5) is 0. The van der Waals surface area contributed by atoms with Crippen LogP contribution in [-0.4, -0.2) is 18.6 Å². The van der Waals surface area contributed by atoms with Gasteiger partial charge >= 0.3 is 0 Å². The van der Waals surface area contributed by atoms with Crippen molar-refractivity contribution in [1.29, 1.82) is 0 Å². The van der Waals surface area contributed by atoms with Gasteiger partial charge in [0.25, 0.3) is 0 Å². The molecule has 0 aliphatic rings. The third-order valence-electron chi connectivity index (χ3n) is 0.620. The van der Waals surface area contributed by atoms with E-state index in [9.17, 15) is 0 Å². The maximum absolute atomic E-state index is 3.12. The van der Waals surface area contributed by atoms with Gasteiger partial charge in [-0.2, -0.15) is 11.8 Å². The van der Waals surface area contributed by atoms with Crippen LogP contribution < -0.4 is 4.34 Å². The van der Waals surface area contributed by atoms with Crippen LogP contribution in [0.5, 0.6) is 0 Å². The van der Waals surface area contributed by atoms with Gasteiger partial charge in [-0.1, -0.05) is 0 Å². The van der Waals surface area contributed by atoms with E-state index >= 15 is 0 Å². The average molecular weight is 184 g/mol. The topological polar surface area (TPSA) is 12.0 Å². The Hall–Kier alpha value is 0.790. The van der Waals surface area contributed by atoms with Crippen molar-refractivity contribution in [2.24, 2.45) is 0 Å². The molecule has 1 N–H and O–H groups in total. The van der Waals surface area contributed by atoms with E-state index in [1.165, 1.54) is 12.2 Å². The first-order valence-electron chi connectivity index (χ1n) is 2.24. The minimum Gasteiger partial charge on any atom is -0.256 e. The summed E-state index contributed by atoms with van der Waals surface area (Å²) in [5.41, 5.74) is 0. The fourth-order valence-electron chi connectivity index (χ4n) is 0.283. The second-order valence-electron chi connectivity index (χ2n) is 1.23. The molecule has 44 valence electrons. The molecule has 0 spiro atoms. The summed E-state index contributed by atoms with van der Waals surface area (Å²) in [7, 11) is 0. The Morgan fingerprint density at radius 3 is 2.86 bits per heavy atom. The molecular formula is C4H10BrNS. The van der Waals surface area contributed by atoms with Crippen molar-refractivity contribution >= 4 is 27.9 Å². The average Bonchev–Trinajstić information content (AvgIpc) is 1.69. The molecule has 0 aliphatic carbocycles. The molecule has 3 heteroatoms. The summed E-state index contributed by atoms with van der Waals surface area (Å²) in [5.74, 6) is 1.25. The highest BCUT2D eigenvalue weighted by Crippen LogP contribution is 1.93. The van der Waals surface area contributed by atoms with Crippen LogP contribution in [0.15, 0.2) is 0 Å². The van der Waals surface area contributed by atoms with Crippen LogP contribution >= 0.6 is 27.9 Å². The first-order chi connectivity index (χ1) is 3.41. The van der Waals surface area contributed by atoms with E-state index < -0.39 is 0 Å². The fourth-order valence-corrected chi connectivity index (χ4v) is 0.997. The summed E-state index contributed by atoms with van der Waals surface area (Å²) in [6.07, 6.45) is 3.36. The van der Waals surface area contributed by atoms with Gasteiger partial charge in [0, 0.05) is 22.7 Å². The zero-order valence-corrected chi connectivity index (χ0v) is 6.81. The molecule has 0 radical (unpaired) electrons. The summed E-state index contributed by atoms with van der Waals surface area (Å²) in [6, 6.07) is 0. The highest BCUT2D eigenvalue weighted by Gasteiger charge is 1.79. The highest BCUT2D eigenvalue weighted by molar-refractivity contribution is 9.08. The molecule has 0 fully saturated rings. The molecule has 0 rings (SSSR count). The van der Waals surface area contributed by atoms with E-state index in [4.69, 9.17) is 0 Å². The second kappa shape index (κ2) is 6.79. The van der Waals surface area contributed by atoms with E-state index in [0.717, 1.165) is 6.54 Å². The van der Waals surface area contributed by atoms with Crippen LogP contribution in [0.25, 0.3) is 0 Å². The largest absolute Gasteiger partial charge is 0.256 e. The standard InChI is InChI=1S/C4H10BrNS/c1-7-4-2-3-6-5/h6H,2-4H2,1H3. The van der Waals surface area contributed by atoms with Gasteiger partial charge in [-0.25, -0.2) is 0 Å². The Balaban J connectivity index is 2.45. The SMILES string of the molecule is CSCCCNBr. The van der Waals surface area contributed by atoms with Crippen molar-refractivity contribution in [1.82, 2.24) is 4.34 Å². The van der Waals surface area contributed by atoms with Crippen LogP contribution in [0, 0.1) is 0 Å². The van der Waals surface area contributed by atoms with Crippen molar-refractivity contribution in [2.75, 3.05) is 18.6 Å². The molecule has 0 unspecified atom stereocenters. The maximum atomic E-state index is 3.12. The molecule has 0 saturated heterocycles. The van der Waals surface area contributed by atoms with Crippen LogP contribution in [-0.2, 0) is 0 Å². The van der Waals surface area contributed by atoms with E-state index in [1.807, 2.05) is 11.8 Å². The zero-order valence-electron chi connectivity index (χ0n) is 4.41. The van der Waals surface area contributed by atoms with Crippen molar-refractivity contribution in [3.63, 3.8) is 0 Å². The third kappa shape index (κ3) is 6.79. The molecule has 0 atom stereocenters. The van der Waals surface area contributed by atoms with Crippen LogP contribution in [0.4, 0.5) is 0 Å². The minimum atomic E-state index is 1.07. The van der Waals surface area contributed by atoms with E-state index in [0.29, 0.717) is 0 Å². The maximum Gasteiger partial charge on any atom is 0.00875 e. The lowest BCUT2D eigenvalue weighted by atomic mass is 10.5. The van der Waals surface area contributed by atoms with Gasteiger partial charge in [-0.05, 0) is 18.4 Å². The second-order valence-corrected chi connectivity index (χ2v) is 2.78. The predicted molar refractivity (Wildman–Crippen MR) is 39.9 cm³/mol. The first kappa shape index (κ1) is 7.79. The molecule has 1 nitrogen and oxygen atoms in total. The monoisotopic (exact) mass is 183 g/mol. The summed E-state index contributed by atoms with van der Waals surface area (Å²) < 4.78 is 2.90. The smallest absolute Gasteiger partial charge is 0.00875 e. The number of thioether (sulfide) groups is 1. The molecule has 0 aromatic rings. The Kier molecular flexibility index (Phi) is 7.56. The van der Waals surface area contributed by atoms with E-state index in [-0.39, 0.29) is 0 Å². The molecule has 0 aliphatic heterocycles. The van der Waals surface area contributed by atoms with Gasteiger partial charge in [0.15, 0.2) is 0 Å². The van der Waals surface area contributed by atoms with Crippen molar-refractivity contribution < 1.29 is 0 Å². The molecule has 0 saturated carbocycles. The highest BCUT2D eigenvalue weighted by atomic mass is 79.9. The molecular weight excluding hydrogens is 174 g/mol. The Morgan fingerprint density at radius 2 is 2.43 bits per heavy atom. The first-order valence-corrected chi connectivity index (χ1v) is 4.43. The number of hydrogen-bond acceptors (Lipinski definition) is 2.